The van der Waals surface area contributed by atoms with E-state index in [4.69, 9.17) is 10.5 Å². The van der Waals surface area contributed by atoms with Crippen molar-refractivity contribution in [3.05, 3.63) is 0 Å². The Labute approximate surface area is 105 Å². The molecule has 0 saturated carbocycles. The molecule has 0 atom stereocenters. The van der Waals surface area contributed by atoms with Crippen LogP contribution in [0.1, 0.15) is 46.5 Å². The lowest BCUT2D eigenvalue weighted by molar-refractivity contribution is -0.131. The molecule has 0 aromatic carbocycles. The van der Waals surface area contributed by atoms with Crippen LogP contribution in [0.25, 0.3) is 0 Å². The Morgan fingerprint density at radius 3 is 2.35 bits per heavy atom. The lowest BCUT2D eigenvalue weighted by atomic mass is 9.81. The Hall–Kier alpha value is -0.610. The highest BCUT2D eigenvalue weighted by Gasteiger charge is 2.32. The van der Waals surface area contributed by atoms with Crippen LogP contribution in [0.3, 0.4) is 0 Å². The highest BCUT2D eigenvalue weighted by molar-refractivity contribution is 5.82. The molecule has 0 aliphatic rings. The second-order valence-electron chi connectivity index (χ2n) is 4.41. The predicted octanol–water partition coefficient (Wildman–Crippen LogP) is 1.68. The lowest BCUT2D eigenvalue weighted by Crippen LogP contribution is -2.45. The van der Waals surface area contributed by atoms with Gasteiger partial charge >= 0.3 is 0 Å². The fraction of sp³-hybridized carbons (Fsp3) is 0.923. The molecular formula is C13H28N2O2. The molecule has 4 heteroatoms. The summed E-state index contributed by atoms with van der Waals surface area (Å²) < 4.78 is 5.35. The first kappa shape index (κ1) is 16.4. The molecule has 1 amide bonds. The second-order valence-corrected chi connectivity index (χ2v) is 4.41. The van der Waals surface area contributed by atoms with E-state index in [1.165, 1.54) is 0 Å². The van der Waals surface area contributed by atoms with Crippen LogP contribution in [-0.4, -0.2) is 32.2 Å². The summed E-state index contributed by atoms with van der Waals surface area (Å²) in [5.74, 6) is 0.0838. The average Bonchev–Trinajstić information content (AvgIpc) is 2.36. The van der Waals surface area contributed by atoms with Crippen LogP contribution in [0.4, 0.5) is 0 Å². The standard InChI is InChI=1S/C13H28N2O2/c1-4-9-17-10-7-8-15-12(16)13(5-2,6-3)11-14/h4-11,14H2,1-3H3,(H,15,16). The van der Waals surface area contributed by atoms with E-state index in [2.05, 4.69) is 12.2 Å². The average molecular weight is 244 g/mol. The summed E-state index contributed by atoms with van der Waals surface area (Å²) in [6.07, 6.45) is 3.48. The molecule has 0 radical (unpaired) electrons. The third kappa shape index (κ3) is 5.50. The summed E-state index contributed by atoms with van der Waals surface area (Å²) in [4.78, 5) is 12.0. The van der Waals surface area contributed by atoms with Gasteiger partial charge in [-0.15, -0.1) is 0 Å². The minimum Gasteiger partial charge on any atom is -0.381 e. The summed E-state index contributed by atoms with van der Waals surface area (Å²) in [7, 11) is 0. The van der Waals surface area contributed by atoms with Crippen molar-refractivity contribution < 1.29 is 9.53 Å². The van der Waals surface area contributed by atoms with Crippen LogP contribution in [0.5, 0.6) is 0 Å². The maximum atomic E-state index is 12.0. The number of hydrogen-bond acceptors (Lipinski definition) is 3. The number of carbonyl (C=O) groups is 1. The zero-order valence-electron chi connectivity index (χ0n) is 11.6. The third-order valence-electron chi connectivity index (χ3n) is 3.33. The first-order valence-corrected chi connectivity index (χ1v) is 6.73. The van der Waals surface area contributed by atoms with E-state index in [9.17, 15) is 4.79 Å². The van der Waals surface area contributed by atoms with E-state index >= 15 is 0 Å². The summed E-state index contributed by atoms with van der Waals surface area (Å²) in [5.41, 5.74) is 5.33. The minimum absolute atomic E-state index is 0.0838. The highest BCUT2D eigenvalue weighted by Crippen LogP contribution is 2.24. The summed E-state index contributed by atoms with van der Waals surface area (Å²) in [5, 5.41) is 2.95. The van der Waals surface area contributed by atoms with E-state index in [1.807, 2.05) is 13.8 Å². The maximum Gasteiger partial charge on any atom is 0.227 e. The normalized spacial score (nSPS) is 11.5. The van der Waals surface area contributed by atoms with Crippen LogP contribution in [0, 0.1) is 5.41 Å². The van der Waals surface area contributed by atoms with Crippen LogP contribution < -0.4 is 11.1 Å². The SMILES string of the molecule is CCCOCCCNC(=O)C(CC)(CC)CN. The molecule has 0 aliphatic heterocycles. The van der Waals surface area contributed by atoms with Crippen LogP contribution >= 0.6 is 0 Å². The topological polar surface area (TPSA) is 64.3 Å². The van der Waals surface area contributed by atoms with Gasteiger partial charge in [0.2, 0.25) is 5.91 Å². The first-order chi connectivity index (χ1) is 8.16. The zero-order valence-corrected chi connectivity index (χ0v) is 11.6. The van der Waals surface area contributed by atoms with Gasteiger partial charge in [-0.1, -0.05) is 20.8 Å². The zero-order chi connectivity index (χ0) is 13.1. The van der Waals surface area contributed by atoms with Crippen molar-refractivity contribution in [2.45, 2.75) is 46.5 Å². The van der Waals surface area contributed by atoms with Gasteiger partial charge in [-0.2, -0.15) is 0 Å². The number of amides is 1. The fourth-order valence-electron chi connectivity index (χ4n) is 1.76. The Morgan fingerprint density at radius 2 is 1.88 bits per heavy atom. The molecule has 3 N–H and O–H groups in total. The quantitative estimate of drug-likeness (QED) is 0.575. The third-order valence-corrected chi connectivity index (χ3v) is 3.33. The van der Waals surface area contributed by atoms with Crippen molar-refractivity contribution in [3.8, 4) is 0 Å². The fourth-order valence-corrected chi connectivity index (χ4v) is 1.76. The smallest absolute Gasteiger partial charge is 0.227 e. The number of ether oxygens (including phenoxy) is 1. The molecule has 4 nitrogen and oxygen atoms in total. The molecule has 0 saturated heterocycles. The van der Waals surface area contributed by atoms with Crippen molar-refractivity contribution in [2.75, 3.05) is 26.3 Å². The molecule has 0 aromatic rings. The number of nitrogens with one attached hydrogen (secondary N) is 1. The van der Waals surface area contributed by atoms with Gasteiger partial charge in [-0.25, -0.2) is 0 Å². The van der Waals surface area contributed by atoms with Gasteiger partial charge in [-0.05, 0) is 25.7 Å². The molecular weight excluding hydrogens is 216 g/mol. The number of rotatable bonds is 10. The lowest BCUT2D eigenvalue weighted by Gasteiger charge is -2.28. The van der Waals surface area contributed by atoms with E-state index < -0.39 is 0 Å². The Balaban J connectivity index is 3.83. The highest BCUT2D eigenvalue weighted by atomic mass is 16.5. The molecule has 0 aromatic heterocycles. The summed E-state index contributed by atoms with van der Waals surface area (Å²) >= 11 is 0. The van der Waals surface area contributed by atoms with Gasteiger partial charge in [-0.3, -0.25) is 4.79 Å². The van der Waals surface area contributed by atoms with Crippen LogP contribution in [0.2, 0.25) is 0 Å². The molecule has 0 bridgehead atoms. The van der Waals surface area contributed by atoms with E-state index in [0.29, 0.717) is 19.7 Å². The molecule has 0 spiro atoms. The van der Waals surface area contributed by atoms with E-state index in [-0.39, 0.29) is 11.3 Å². The van der Waals surface area contributed by atoms with Gasteiger partial charge in [0.15, 0.2) is 0 Å². The molecule has 0 rings (SSSR count). The Bertz CT molecular complexity index is 195. The van der Waals surface area contributed by atoms with Crippen molar-refractivity contribution >= 4 is 5.91 Å². The molecule has 0 aliphatic carbocycles. The first-order valence-electron chi connectivity index (χ1n) is 6.73. The van der Waals surface area contributed by atoms with Crippen molar-refractivity contribution in [3.63, 3.8) is 0 Å². The molecule has 0 fully saturated rings. The van der Waals surface area contributed by atoms with Crippen LogP contribution in [-0.2, 0) is 9.53 Å². The number of hydrogen-bond donors (Lipinski definition) is 2. The second kappa shape index (κ2) is 9.42. The molecule has 0 unspecified atom stereocenters. The summed E-state index contributed by atoms with van der Waals surface area (Å²) in [6.45, 7) is 8.70. The Kier molecular flexibility index (Phi) is 9.09. The molecule has 102 valence electrons. The molecule has 0 heterocycles. The minimum atomic E-state index is -0.385. The maximum absolute atomic E-state index is 12.0. The van der Waals surface area contributed by atoms with Gasteiger partial charge < -0.3 is 15.8 Å². The van der Waals surface area contributed by atoms with Crippen molar-refractivity contribution in [1.82, 2.24) is 5.32 Å². The van der Waals surface area contributed by atoms with Gasteiger partial charge in [0.1, 0.15) is 0 Å². The Morgan fingerprint density at radius 1 is 1.24 bits per heavy atom. The monoisotopic (exact) mass is 244 g/mol. The predicted molar refractivity (Wildman–Crippen MR) is 70.8 cm³/mol. The van der Waals surface area contributed by atoms with E-state index in [0.717, 1.165) is 32.3 Å². The van der Waals surface area contributed by atoms with E-state index in [1.54, 1.807) is 0 Å². The van der Waals surface area contributed by atoms with Crippen molar-refractivity contribution in [1.29, 1.82) is 0 Å². The number of nitrogens with two attached hydrogens (primary N) is 1. The largest absolute Gasteiger partial charge is 0.381 e. The molecule has 17 heavy (non-hydrogen) atoms. The number of carbonyl (C=O) groups excluding carboxylic acids is 1. The van der Waals surface area contributed by atoms with Crippen LogP contribution in [0.15, 0.2) is 0 Å². The van der Waals surface area contributed by atoms with Crippen molar-refractivity contribution in [2.24, 2.45) is 11.1 Å². The van der Waals surface area contributed by atoms with Gasteiger partial charge in [0.25, 0.3) is 0 Å². The summed E-state index contributed by atoms with van der Waals surface area (Å²) in [6, 6.07) is 0. The van der Waals surface area contributed by atoms with Gasteiger partial charge in [0, 0.05) is 26.3 Å². The van der Waals surface area contributed by atoms with Gasteiger partial charge in [0.05, 0.1) is 5.41 Å².